The second-order valence-corrected chi connectivity index (χ2v) is 6.40. The first kappa shape index (κ1) is 16.0. The molecule has 114 valence electrons. The summed E-state index contributed by atoms with van der Waals surface area (Å²) in [6, 6.07) is 14.0. The number of aromatic hydroxyl groups is 1. The van der Waals surface area contributed by atoms with Crippen molar-refractivity contribution < 1.29 is 13.5 Å². The van der Waals surface area contributed by atoms with Crippen LogP contribution in [0, 0.1) is 11.3 Å². The van der Waals surface area contributed by atoms with Crippen LogP contribution in [-0.2, 0) is 10.0 Å². The molecule has 0 aliphatic carbocycles. The lowest BCUT2D eigenvalue weighted by Crippen LogP contribution is -2.32. The van der Waals surface area contributed by atoms with Crippen LogP contribution in [0.3, 0.4) is 0 Å². The van der Waals surface area contributed by atoms with Crippen molar-refractivity contribution in [1.29, 1.82) is 5.26 Å². The van der Waals surface area contributed by atoms with Gasteiger partial charge in [0.1, 0.15) is 10.6 Å². The van der Waals surface area contributed by atoms with Crippen molar-refractivity contribution in [3.8, 4) is 11.8 Å². The minimum atomic E-state index is -3.96. The van der Waals surface area contributed by atoms with Gasteiger partial charge in [0.05, 0.1) is 11.6 Å². The van der Waals surface area contributed by atoms with Gasteiger partial charge in [-0.15, -0.1) is 0 Å². The Morgan fingerprint density at radius 2 is 1.91 bits per heavy atom. The van der Waals surface area contributed by atoms with Gasteiger partial charge >= 0.3 is 0 Å². The molecule has 22 heavy (non-hydrogen) atoms. The molecule has 2 aromatic rings. The van der Waals surface area contributed by atoms with Gasteiger partial charge in [-0.05, 0) is 23.8 Å². The van der Waals surface area contributed by atoms with E-state index in [0.29, 0.717) is 0 Å². The summed E-state index contributed by atoms with van der Waals surface area (Å²) in [6.45, 7) is -0.0252. The summed E-state index contributed by atoms with van der Waals surface area (Å²) in [5.41, 5.74) is 6.87. The zero-order valence-corrected chi connectivity index (χ0v) is 12.4. The predicted molar refractivity (Wildman–Crippen MR) is 81.4 cm³/mol. The molecule has 0 aromatic heterocycles. The predicted octanol–water partition coefficient (Wildman–Crippen LogP) is 1.24. The molecule has 2 rings (SSSR count). The second-order valence-electron chi connectivity index (χ2n) is 4.66. The van der Waals surface area contributed by atoms with E-state index in [1.54, 1.807) is 12.1 Å². The average molecular weight is 317 g/mol. The van der Waals surface area contributed by atoms with Crippen LogP contribution in [0.1, 0.15) is 17.2 Å². The normalized spacial score (nSPS) is 12.5. The highest BCUT2D eigenvalue weighted by molar-refractivity contribution is 7.89. The first-order chi connectivity index (χ1) is 10.4. The van der Waals surface area contributed by atoms with E-state index in [-0.39, 0.29) is 17.0 Å². The molecule has 0 saturated carbocycles. The van der Waals surface area contributed by atoms with Crippen molar-refractivity contribution >= 4 is 10.0 Å². The van der Waals surface area contributed by atoms with Crippen molar-refractivity contribution in [2.45, 2.75) is 10.9 Å². The maximum absolute atomic E-state index is 12.2. The van der Waals surface area contributed by atoms with Crippen molar-refractivity contribution in [3.63, 3.8) is 0 Å². The minimum absolute atomic E-state index is 0.0252. The summed E-state index contributed by atoms with van der Waals surface area (Å²) in [5, 5.41) is 18.5. The van der Waals surface area contributed by atoms with Crippen LogP contribution in [0.5, 0.6) is 5.75 Å². The number of phenols is 1. The first-order valence-electron chi connectivity index (χ1n) is 6.47. The number of hydrogen-bond donors (Lipinski definition) is 3. The second kappa shape index (κ2) is 6.58. The van der Waals surface area contributed by atoms with Crippen molar-refractivity contribution in [1.82, 2.24) is 4.72 Å². The van der Waals surface area contributed by atoms with E-state index in [0.717, 1.165) is 11.6 Å². The topological polar surface area (TPSA) is 116 Å². The molecule has 1 atom stereocenters. The van der Waals surface area contributed by atoms with E-state index >= 15 is 0 Å². The first-order valence-corrected chi connectivity index (χ1v) is 7.95. The van der Waals surface area contributed by atoms with E-state index in [1.165, 1.54) is 12.1 Å². The molecular formula is C15H15N3O3S. The smallest absolute Gasteiger partial charge is 0.244 e. The fourth-order valence-electron chi connectivity index (χ4n) is 1.89. The Labute approximate surface area is 128 Å². The quantitative estimate of drug-likeness (QED) is 0.767. The third-order valence-electron chi connectivity index (χ3n) is 3.10. The maximum Gasteiger partial charge on any atom is 0.244 e. The average Bonchev–Trinajstić information content (AvgIpc) is 2.54. The van der Waals surface area contributed by atoms with Gasteiger partial charge < -0.3 is 10.8 Å². The molecule has 7 heteroatoms. The Balaban J connectivity index is 2.17. The molecule has 0 aliphatic heterocycles. The number of nitrogens with one attached hydrogen (secondary N) is 1. The van der Waals surface area contributed by atoms with Crippen LogP contribution in [0.2, 0.25) is 0 Å². The van der Waals surface area contributed by atoms with Crippen LogP contribution in [0.4, 0.5) is 0 Å². The molecule has 6 nitrogen and oxygen atoms in total. The van der Waals surface area contributed by atoms with Gasteiger partial charge in [0.15, 0.2) is 0 Å². The van der Waals surface area contributed by atoms with Crippen LogP contribution < -0.4 is 10.5 Å². The third-order valence-corrected chi connectivity index (χ3v) is 4.55. The van der Waals surface area contributed by atoms with Gasteiger partial charge in [0, 0.05) is 12.6 Å². The number of sulfonamides is 1. The lowest BCUT2D eigenvalue weighted by molar-refractivity contribution is 0.457. The summed E-state index contributed by atoms with van der Waals surface area (Å²) < 4.78 is 26.8. The third kappa shape index (κ3) is 3.62. The van der Waals surface area contributed by atoms with E-state index in [9.17, 15) is 13.5 Å². The highest BCUT2D eigenvalue weighted by Crippen LogP contribution is 2.23. The van der Waals surface area contributed by atoms with E-state index in [1.807, 2.05) is 24.3 Å². The molecule has 0 radical (unpaired) electrons. The van der Waals surface area contributed by atoms with Crippen molar-refractivity contribution in [3.05, 3.63) is 59.7 Å². The number of nitrogens with zero attached hydrogens (tertiary/aromatic N) is 1. The zero-order valence-electron chi connectivity index (χ0n) is 11.6. The van der Waals surface area contributed by atoms with Crippen LogP contribution in [-0.4, -0.2) is 20.1 Å². The Bertz CT molecular complexity index is 799. The Kier molecular flexibility index (Phi) is 4.78. The summed E-state index contributed by atoms with van der Waals surface area (Å²) in [6.07, 6.45) is 0. The fraction of sp³-hybridized carbons (Fsp3) is 0.133. The van der Waals surface area contributed by atoms with Crippen molar-refractivity contribution in [2.75, 3.05) is 6.54 Å². The monoisotopic (exact) mass is 317 g/mol. The minimum Gasteiger partial charge on any atom is -0.507 e. The standard InChI is InChI=1S/C15H15N3O3S/c16-9-11-6-7-14(19)15(8-11)22(20,21)18-10-13(17)12-4-2-1-3-5-12/h1-8,13,18-19H,10,17H2. The Morgan fingerprint density at radius 3 is 2.55 bits per heavy atom. The van der Waals surface area contributed by atoms with Gasteiger partial charge in [0.25, 0.3) is 0 Å². The van der Waals surface area contributed by atoms with Gasteiger partial charge in [-0.2, -0.15) is 5.26 Å². The molecule has 0 spiro atoms. The van der Waals surface area contributed by atoms with Crippen LogP contribution in [0.25, 0.3) is 0 Å². The molecule has 2 aromatic carbocycles. The number of hydrogen-bond acceptors (Lipinski definition) is 5. The van der Waals surface area contributed by atoms with Gasteiger partial charge in [-0.3, -0.25) is 0 Å². The molecule has 4 N–H and O–H groups in total. The zero-order chi connectivity index (χ0) is 16.2. The van der Waals surface area contributed by atoms with Crippen LogP contribution >= 0.6 is 0 Å². The molecule has 0 aliphatic rings. The lowest BCUT2D eigenvalue weighted by Gasteiger charge is -2.14. The summed E-state index contributed by atoms with van der Waals surface area (Å²) in [4.78, 5) is -0.341. The largest absolute Gasteiger partial charge is 0.507 e. The molecule has 0 amide bonds. The number of nitriles is 1. The SMILES string of the molecule is N#Cc1ccc(O)c(S(=O)(=O)NCC(N)c2ccccc2)c1. The summed E-state index contributed by atoms with van der Waals surface area (Å²) in [7, 11) is -3.96. The van der Waals surface area contributed by atoms with Crippen LogP contribution in [0.15, 0.2) is 53.4 Å². The Morgan fingerprint density at radius 1 is 1.23 bits per heavy atom. The van der Waals surface area contributed by atoms with Gasteiger partial charge in [0.2, 0.25) is 10.0 Å². The Hall–Kier alpha value is -2.40. The molecular weight excluding hydrogens is 302 g/mol. The molecule has 1 unspecified atom stereocenters. The summed E-state index contributed by atoms with van der Waals surface area (Å²) in [5.74, 6) is -0.417. The van der Waals surface area contributed by atoms with E-state index in [2.05, 4.69) is 4.72 Å². The highest BCUT2D eigenvalue weighted by Gasteiger charge is 2.20. The van der Waals surface area contributed by atoms with Gasteiger partial charge in [-0.25, -0.2) is 13.1 Å². The molecule has 0 saturated heterocycles. The highest BCUT2D eigenvalue weighted by atomic mass is 32.2. The number of rotatable bonds is 5. The molecule has 0 bridgehead atoms. The van der Waals surface area contributed by atoms with E-state index < -0.39 is 21.8 Å². The maximum atomic E-state index is 12.2. The fourth-order valence-corrected chi connectivity index (χ4v) is 3.07. The lowest BCUT2D eigenvalue weighted by atomic mass is 10.1. The molecule has 0 fully saturated rings. The number of benzene rings is 2. The molecule has 0 heterocycles. The number of nitrogens with two attached hydrogens (primary N) is 1. The van der Waals surface area contributed by atoms with Gasteiger partial charge in [-0.1, -0.05) is 30.3 Å². The van der Waals surface area contributed by atoms with E-state index in [4.69, 9.17) is 11.0 Å². The van der Waals surface area contributed by atoms with Crippen molar-refractivity contribution in [2.24, 2.45) is 5.73 Å². The number of phenolic OH excluding ortho intramolecular Hbond substituents is 1. The summed E-state index contributed by atoms with van der Waals surface area (Å²) >= 11 is 0.